The lowest BCUT2D eigenvalue weighted by atomic mass is 10.1. The van der Waals surface area contributed by atoms with Gasteiger partial charge in [-0.15, -0.1) is 10.2 Å². The molecule has 0 aliphatic carbocycles. The summed E-state index contributed by atoms with van der Waals surface area (Å²) in [4.78, 5) is 11.8. The summed E-state index contributed by atoms with van der Waals surface area (Å²) in [6.45, 7) is 1.56. The average molecular weight is 286 g/mol. The Morgan fingerprint density at radius 3 is 2.86 bits per heavy atom. The van der Waals surface area contributed by atoms with Gasteiger partial charge in [0.05, 0.1) is 0 Å². The van der Waals surface area contributed by atoms with E-state index < -0.39 is 0 Å². The van der Waals surface area contributed by atoms with E-state index in [-0.39, 0.29) is 5.91 Å². The van der Waals surface area contributed by atoms with Gasteiger partial charge in [-0.2, -0.15) is 5.21 Å². The fourth-order valence-electron chi connectivity index (χ4n) is 2.48. The maximum Gasteiger partial charge on any atom is 0.221 e. The maximum atomic E-state index is 11.8. The summed E-state index contributed by atoms with van der Waals surface area (Å²) in [6, 6.07) is 8.10. The van der Waals surface area contributed by atoms with E-state index >= 15 is 0 Å². The molecular weight excluding hydrogens is 268 g/mol. The van der Waals surface area contributed by atoms with E-state index in [0.29, 0.717) is 24.8 Å². The molecule has 0 spiro atoms. The van der Waals surface area contributed by atoms with Crippen molar-refractivity contribution < 1.29 is 4.79 Å². The second-order valence-electron chi connectivity index (χ2n) is 5.21. The van der Waals surface area contributed by atoms with Crippen molar-refractivity contribution in [3.8, 4) is 11.4 Å². The number of nitrogens with one attached hydrogen (secondary N) is 3. The van der Waals surface area contributed by atoms with E-state index in [9.17, 15) is 4.79 Å². The standard InChI is InChI=1S/C14H18N6O/c21-13(8-12-2-1-7-15-12)16-9-10-3-5-11(6-4-10)14-17-19-20-18-14/h3-6,12,15H,1-2,7-9H2,(H,16,21)(H,17,18,19,20). The van der Waals surface area contributed by atoms with Crippen molar-refractivity contribution in [3.05, 3.63) is 29.8 Å². The normalized spacial score (nSPS) is 17.8. The summed E-state index contributed by atoms with van der Waals surface area (Å²) in [7, 11) is 0. The molecule has 0 bridgehead atoms. The molecule has 0 radical (unpaired) electrons. The van der Waals surface area contributed by atoms with Crippen molar-refractivity contribution in [3.63, 3.8) is 0 Å². The van der Waals surface area contributed by atoms with E-state index in [2.05, 4.69) is 31.3 Å². The van der Waals surface area contributed by atoms with Gasteiger partial charge in [0.25, 0.3) is 0 Å². The maximum absolute atomic E-state index is 11.8. The average Bonchev–Trinajstić information content (AvgIpc) is 3.19. The minimum Gasteiger partial charge on any atom is -0.352 e. The van der Waals surface area contributed by atoms with Gasteiger partial charge in [-0.05, 0) is 30.2 Å². The highest BCUT2D eigenvalue weighted by molar-refractivity contribution is 5.76. The summed E-state index contributed by atoms with van der Waals surface area (Å²) in [5, 5.41) is 20.1. The highest BCUT2D eigenvalue weighted by atomic mass is 16.1. The first-order valence-corrected chi connectivity index (χ1v) is 7.14. The number of nitrogens with zero attached hydrogens (tertiary/aromatic N) is 3. The summed E-state index contributed by atoms with van der Waals surface area (Å²) in [5.41, 5.74) is 1.95. The van der Waals surface area contributed by atoms with Crippen molar-refractivity contribution in [2.24, 2.45) is 0 Å². The van der Waals surface area contributed by atoms with Crippen LogP contribution in [0, 0.1) is 0 Å². The smallest absolute Gasteiger partial charge is 0.221 e. The molecule has 21 heavy (non-hydrogen) atoms. The lowest BCUT2D eigenvalue weighted by Gasteiger charge is -2.10. The van der Waals surface area contributed by atoms with Gasteiger partial charge < -0.3 is 10.6 Å². The van der Waals surface area contributed by atoms with Gasteiger partial charge in [-0.25, -0.2) is 0 Å². The van der Waals surface area contributed by atoms with Gasteiger partial charge >= 0.3 is 0 Å². The van der Waals surface area contributed by atoms with Gasteiger partial charge in [0.15, 0.2) is 0 Å². The molecule has 1 aromatic carbocycles. The highest BCUT2D eigenvalue weighted by Crippen LogP contribution is 2.14. The van der Waals surface area contributed by atoms with Crippen molar-refractivity contribution in [2.75, 3.05) is 6.54 Å². The number of carbonyl (C=O) groups excluding carboxylic acids is 1. The third kappa shape index (κ3) is 3.63. The van der Waals surface area contributed by atoms with E-state index in [1.165, 1.54) is 0 Å². The Hall–Kier alpha value is -2.28. The van der Waals surface area contributed by atoms with E-state index in [0.717, 1.165) is 30.5 Å². The Bertz CT molecular complexity index is 574. The van der Waals surface area contributed by atoms with Crippen LogP contribution in [-0.4, -0.2) is 39.1 Å². The Labute approximate surface area is 122 Å². The van der Waals surface area contributed by atoms with Crippen LogP contribution in [0.5, 0.6) is 0 Å². The minimum atomic E-state index is 0.0941. The molecule has 2 heterocycles. The van der Waals surface area contributed by atoms with Crippen LogP contribution in [0.4, 0.5) is 0 Å². The molecular formula is C14H18N6O. The first kappa shape index (κ1) is 13.7. The van der Waals surface area contributed by atoms with Crippen LogP contribution >= 0.6 is 0 Å². The second-order valence-corrected chi connectivity index (χ2v) is 5.21. The Morgan fingerprint density at radius 2 is 2.19 bits per heavy atom. The quantitative estimate of drug-likeness (QED) is 0.749. The Balaban J connectivity index is 1.50. The van der Waals surface area contributed by atoms with E-state index in [1.807, 2.05) is 24.3 Å². The molecule has 0 saturated carbocycles. The van der Waals surface area contributed by atoms with Gasteiger partial charge in [0.1, 0.15) is 0 Å². The fourth-order valence-corrected chi connectivity index (χ4v) is 2.48. The number of carbonyl (C=O) groups is 1. The van der Waals surface area contributed by atoms with Crippen LogP contribution in [0.3, 0.4) is 0 Å². The predicted octanol–water partition coefficient (Wildman–Crippen LogP) is 0.625. The Morgan fingerprint density at radius 1 is 1.33 bits per heavy atom. The summed E-state index contributed by atoms with van der Waals surface area (Å²) in [6.07, 6.45) is 2.81. The number of aromatic amines is 1. The van der Waals surface area contributed by atoms with Crippen molar-refractivity contribution in [2.45, 2.75) is 31.8 Å². The number of benzene rings is 1. The van der Waals surface area contributed by atoms with Crippen LogP contribution in [0.15, 0.2) is 24.3 Å². The number of hydrogen-bond donors (Lipinski definition) is 3. The second kappa shape index (κ2) is 6.45. The van der Waals surface area contributed by atoms with E-state index in [1.54, 1.807) is 0 Å². The van der Waals surface area contributed by atoms with E-state index in [4.69, 9.17) is 0 Å². The largest absolute Gasteiger partial charge is 0.352 e. The Kier molecular flexibility index (Phi) is 4.20. The number of aromatic nitrogens is 4. The minimum absolute atomic E-state index is 0.0941. The number of hydrogen-bond acceptors (Lipinski definition) is 5. The monoisotopic (exact) mass is 286 g/mol. The zero-order chi connectivity index (χ0) is 14.5. The first-order valence-electron chi connectivity index (χ1n) is 7.14. The van der Waals surface area contributed by atoms with Crippen molar-refractivity contribution in [1.82, 2.24) is 31.3 Å². The van der Waals surface area contributed by atoms with Gasteiger partial charge in [0, 0.05) is 24.6 Å². The molecule has 2 aromatic rings. The van der Waals surface area contributed by atoms with Crippen LogP contribution in [0.25, 0.3) is 11.4 Å². The molecule has 1 unspecified atom stereocenters. The van der Waals surface area contributed by atoms with Crippen LogP contribution in [0.1, 0.15) is 24.8 Å². The third-order valence-corrected chi connectivity index (χ3v) is 3.64. The lowest BCUT2D eigenvalue weighted by Crippen LogP contribution is -2.31. The molecule has 1 amide bonds. The molecule has 1 atom stereocenters. The molecule has 1 aliphatic heterocycles. The molecule has 7 heteroatoms. The van der Waals surface area contributed by atoms with Gasteiger partial charge in [-0.1, -0.05) is 24.3 Å². The van der Waals surface area contributed by atoms with Gasteiger partial charge in [0.2, 0.25) is 11.7 Å². The number of H-pyrrole nitrogens is 1. The molecule has 7 nitrogen and oxygen atoms in total. The lowest BCUT2D eigenvalue weighted by molar-refractivity contribution is -0.121. The third-order valence-electron chi connectivity index (χ3n) is 3.64. The summed E-state index contributed by atoms with van der Waals surface area (Å²) in [5.74, 6) is 0.662. The first-order chi connectivity index (χ1) is 10.3. The zero-order valence-corrected chi connectivity index (χ0v) is 11.7. The molecule has 3 rings (SSSR count). The molecule has 1 saturated heterocycles. The fraction of sp³-hybridized carbons (Fsp3) is 0.429. The number of rotatable bonds is 5. The SMILES string of the molecule is O=C(CC1CCCN1)NCc1ccc(-c2nn[nH]n2)cc1. The van der Waals surface area contributed by atoms with Crippen molar-refractivity contribution >= 4 is 5.91 Å². The zero-order valence-electron chi connectivity index (χ0n) is 11.7. The summed E-state index contributed by atoms with van der Waals surface area (Å²) < 4.78 is 0. The van der Waals surface area contributed by atoms with Crippen LogP contribution in [0.2, 0.25) is 0 Å². The summed E-state index contributed by atoms with van der Waals surface area (Å²) >= 11 is 0. The predicted molar refractivity (Wildman–Crippen MR) is 77.1 cm³/mol. The number of tetrazole rings is 1. The molecule has 1 fully saturated rings. The molecule has 110 valence electrons. The molecule has 1 aromatic heterocycles. The van der Waals surface area contributed by atoms with Crippen LogP contribution < -0.4 is 10.6 Å². The molecule has 1 aliphatic rings. The van der Waals surface area contributed by atoms with Crippen LogP contribution in [-0.2, 0) is 11.3 Å². The highest BCUT2D eigenvalue weighted by Gasteiger charge is 2.17. The molecule has 3 N–H and O–H groups in total. The van der Waals surface area contributed by atoms with Crippen molar-refractivity contribution in [1.29, 1.82) is 0 Å². The van der Waals surface area contributed by atoms with Gasteiger partial charge in [-0.3, -0.25) is 4.79 Å². The number of amides is 1. The topological polar surface area (TPSA) is 95.6 Å².